The standard InChI is InChI=1S/C17H28N2O/c1-14(2)13-20-10-9-19-12-17(18-11-15(19)3)16-7-5-4-6-8-16/h4-8,14-15,17-18H,9-13H2,1-3H3. The van der Waals surface area contributed by atoms with Crippen molar-refractivity contribution >= 4 is 0 Å². The maximum Gasteiger partial charge on any atom is 0.0593 e. The van der Waals surface area contributed by atoms with Crippen LogP contribution in [0.15, 0.2) is 30.3 Å². The molecule has 1 saturated heterocycles. The minimum atomic E-state index is 0.442. The quantitative estimate of drug-likeness (QED) is 0.809. The van der Waals surface area contributed by atoms with Gasteiger partial charge in [0.1, 0.15) is 0 Å². The molecule has 0 saturated carbocycles. The summed E-state index contributed by atoms with van der Waals surface area (Å²) in [4.78, 5) is 2.54. The molecule has 0 spiro atoms. The van der Waals surface area contributed by atoms with E-state index in [4.69, 9.17) is 4.74 Å². The third kappa shape index (κ3) is 4.58. The zero-order valence-electron chi connectivity index (χ0n) is 13.0. The minimum absolute atomic E-state index is 0.442. The van der Waals surface area contributed by atoms with E-state index in [1.54, 1.807) is 0 Å². The Kier molecular flexibility index (Phi) is 6.02. The lowest BCUT2D eigenvalue weighted by molar-refractivity contribution is 0.0590. The second-order valence-corrected chi connectivity index (χ2v) is 6.18. The largest absolute Gasteiger partial charge is 0.380 e. The smallest absolute Gasteiger partial charge is 0.0593 e. The van der Waals surface area contributed by atoms with Crippen LogP contribution in [-0.2, 0) is 4.74 Å². The van der Waals surface area contributed by atoms with E-state index >= 15 is 0 Å². The van der Waals surface area contributed by atoms with Crippen LogP contribution in [0, 0.1) is 5.92 Å². The number of ether oxygens (including phenoxy) is 1. The molecular formula is C17H28N2O. The zero-order valence-corrected chi connectivity index (χ0v) is 13.0. The van der Waals surface area contributed by atoms with Crippen LogP contribution in [0.2, 0.25) is 0 Å². The van der Waals surface area contributed by atoms with Gasteiger partial charge in [0.2, 0.25) is 0 Å². The molecular weight excluding hydrogens is 248 g/mol. The number of piperazine rings is 1. The average Bonchev–Trinajstić information content (AvgIpc) is 2.46. The highest BCUT2D eigenvalue weighted by molar-refractivity contribution is 5.20. The van der Waals surface area contributed by atoms with Gasteiger partial charge in [-0.05, 0) is 18.4 Å². The van der Waals surface area contributed by atoms with Gasteiger partial charge < -0.3 is 10.1 Å². The van der Waals surface area contributed by atoms with Crippen LogP contribution in [0.4, 0.5) is 0 Å². The molecule has 112 valence electrons. The first-order chi connectivity index (χ1) is 9.66. The highest BCUT2D eigenvalue weighted by Crippen LogP contribution is 2.19. The Morgan fingerprint density at radius 1 is 1.30 bits per heavy atom. The Bertz CT molecular complexity index is 380. The summed E-state index contributed by atoms with van der Waals surface area (Å²) in [5, 5.41) is 3.64. The molecule has 3 heteroatoms. The fourth-order valence-corrected chi connectivity index (χ4v) is 2.64. The molecule has 2 atom stereocenters. The summed E-state index contributed by atoms with van der Waals surface area (Å²) >= 11 is 0. The predicted octanol–water partition coefficient (Wildman–Crippen LogP) is 2.69. The number of benzene rings is 1. The fourth-order valence-electron chi connectivity index (χ4n) is 2.64. The van der Waals surface area contributed by atoms with Crippen molar-refractivity contribution in [3.05, 3.63) is 35.9 Å². The van der Waals surface area contributed by atoms with Gasteiger partial charge in [0.05, 0.1) is 6.61 Å². The zero-order chi connectivity index (χ0) is 14.4. The van der Waals surface area contributed by atoms with Crippen LogP contribution in [0.3, 0.4) is 0 Å². The first kappa shape index (κ1) is 15.5. The van der Waals surface area contributed by atoms with E-state index < -0.39 is 0 Å². The summed E-state index contributed by atoms with van der Waals surface area (Å²) in [6.07, 6.45) is 0. The molecule has 0 aliphatic carbocycles. The van der Waals surface area contributed by atoms with Crippen LogP contribution in [0.25, 0.3) is 0 Å². The Hall–Kier alpha value is -0.900. The fraction of sp³-hybridized carbons (Fsp3) is 0.647. The molecule has 1 aliphatic rings. The Morgan fingerprint density at radius 3 is 2.75 bits per heavy atom. The van der Waals surface area contributed by atoms with Crippen molar-refractivity contribution in [3.63, 3.8) is 0 Å². The van der Waals surface area contributed by atoms with E-state index in [1.165, 1.54) is 5.56 Å². The second kappa shape index (κ2) is 7.77. The summed E-state index contributed by atoms with van der Waals surface area (Å²) in [6.45, 7) is 11.5. The number of rotatable bonds is 6. The molecule has 1 fully saturated rings. The van der Waals surface area contributed by atoms with Gasteiger partial charge in [0, 0.05) is 38.3 Å². The van der Waals surface area contributed by atoms with Gasteiger partial charge in [0.25, 0.3) is 0 Å². The molecule has 1 heterocycles. The third-order valence-corrected chi connectivity index (χ3v) is 3.88. The van der Waals surface area contributed by atoms with Crippen molar-refractivity contribution in [2.45, 2.75) is 32.9 Å². The number of nitrogens with one attached hydrogen (secondary N) is 1. The molecule has 2 rings (SSSR count). The van der Waals surface area contributed by atoms with Crippen LogP contribution >= 0.6 is 0 Å². The van der Waals surface area contributed by atoms with Gasteiger partial charge in [-0.2, -0.15) is 0 Å². The summed E-state index contributed by atoms with van der Waals surface area (Å²) in [5.74, 6) is 0.618. The van der Waals surface area contributed by atoms with Gasteiger partial charge in [-0.15, -0.1) is 0 Å². The lowest BCUT2D eigenvalue weighted by atomic mass is 10.0. The molecule has 1 aliphatic heterocycles. The lowest BCUT2D eigenvalue weighted by Gasteiger charge is -2.39. The van der Waals surface area contributed by atoms with Gasteiger partial charge >= 0.3 is 0 Å². The maximum absolute atomic E-state index is 5.73. The van der Waals surface area contributed by atoms with Crippen LogP contribution < -0.4 is 5.32 Å². The second-order valence-electron chi connectivity index (χ2n) is 6.18. The van der Waals surface area contributed by atoms with E-state index in [2.05, 4.69) is 61.3 Å². The topological polar surface area (TPSA) is 24.5 Å². The Balaban J connectivity index is 1.82. The molecule has 20 heavy (non-hydrogen) atoms. The summed E-state index contributed by atoms with van der Waals surface area (Å²) in [7, 11) is 0. The van der Waals surface area contributed by atoms with Crippen molar-refractivity contribution < 1.29 is 4.74 Å². The van der Waals surface area contributed by atoms with E-state index in [0.29, 0.717) is 18.0 Å². The molecule has 1 aromatic carbocycles. The van der Waals surface area contributed by atoms with Crippen molar-refractivity contribution in [2.75, 3.05) is 32.8 Å². The maximum atomic E-state index is 5.73. The molecule has 1 aromatic rings. The summed E-state index contributed by atoms with van der Waals surface area (Å²) < 4.78 is 5.73. The predicted molar refractivity (Wildman–Crippen MR) is 83.9 cm³/mol. The van der Waals surface area contributed by atoms with Crippen LogP contribution in [0.5, 0.6) is 0 Å². The Labute approximate surface area is 123 Å². The molecule has 1 N–H and O–H groups in total. The molecule has 0 bridgehead atoms. The molecule has 2 unspecified atom stereocenters. The highest BCUT2D eigenvalue weighted by Gasteiger charge is 2.25. The minimum Gasteiger partial charge on any atom is -0.380 e. The summed E-state index contributed by atoms with van der Waals surface area (Å²) in [6, 6.07) is 11.8. The number of hydrogen-bond donors (Lipinski definition) is 1. The third-order valence-electron chi connectivity index (χ3n) is 3.88. The first-order valence-electron chi connectivity index (χ1n) is 7.77. The number of hydrogen-bond acceptors (Lipinski definition) is 3. The molecule has 0 aromatic heterocycles. The molecule has 0 amide bonds. The SMILES string of the molecule is CC(C)COCCN1CC(c2ccccc2)NCC1C. The van der Waals surface area contributed by atoms with Gasteiger partial charge in [0.15, 0.2) is 0 Å². The average molecular weight is 276 g/mol. The molecule has 3 nitrogen and oxygen atoms in total. The van der Waals surface area contributed by atoms with Crippen molar-refractivity contribution in [1.82, 2.24) is 10.2 Å². The highest BCUT2D eigenvalue weighted by atomic mass is 16.5. The van der Waals surface area contributed by atoms with Gasteiger partial charge in [-0.25, -0.2) is 0 Å². The summed E-state index contributed by atoms with van der Waals surface area (Å²) in [5.41, 5.74) is 1.38. The van der Waals surface area contributed by atoms with Crippen molar-refractivity contribution in [3.8, 4) is 0 Å². The van der Waals surface area contributed by atoms with E-state index in [0.717, 1.165) is 32.8 Å². The monoisotopic (exact) mass is 276 g/mol. The number of nitrogens with zero attached hydrogens (tertiary/aromatic N) is 1. The van der Waals surface area contributed by atoms with Crippen LogP contribution in [-0.4, -0.2) is 43.8 Å². The van der Waals surface area contributed by atoms with E-state index in [9.17, 15) is 0 Å². The van der Waals surface area contributed by atoms with E-state index in [1.807, 2.05) is 0 Å². The van der Waals surface area contributed by atoms with Crippen molar-refractivity contribution in [1.29, 1.82) is 0 Å². The van der Waals surface area contributed by atoms with Gasteiger partial charge in [-0.1, -0.05) is 44.2 Å². The van der Waals surface area contributed by atoms with Crippen LogP contribution in [0.1, 0.15) is 32.4 Å². The van der Waals surface area contributed by atoms with Gasteiger partial charge in [-0.3, -0.25) is 4.90 Å². The lowest BCUT2D eigenvalue weighted by Crippen LogP contribution is -2.52. The molecule has 0 radical (unpaired) electrons. The normalized spacial score (nSPS) is 24.2. The Morgan fingerprint density at radius 2 is 2.05 bits per heavy atom. The van der Waals surface area contributed by atoms with Crippen molar-refractivity contribution in [2.24, 2.45) is 5.92 Å². The first-order valence-corrected chi connectivity index (χ1v) is 7.77. The van der Waals surface area contributed by atoms with E-state index in [-0.39, 0.29) is 0 Å².